The fourth-order valence-electron chi connectivity index (χ4n) is 1.11. The van der Waals surface area contributed by atoms with Gasteiger partial charge in [0.1, 0.15) is 0 Å². The van der Waals surface area contributed by atoms with Crippen LogP contribution in [0.3, 0.4) is 0 Å². The molecule has 0 saturated carbocycles. The number of aryl methyl sites for hydroxylation is 2. The van der Waals surface area contributed by atoms with Crippen molar-refractivity contribution in [3.63, 3.8) is 0 Å². The lowest BCUT2D eigenvalue weighted by Crippen LogP contribution is -2.08. The summed E-state index contributed by atoms with van der Waals surface area (Å²) < 4.78 is 0. The normalized spacial score (nSPS) is 10.5. The molecule has 0 aliphatic heterocycles. The molecule has 12 heavy (non-hydrogen) atoms. The summed E-state index contributed by atoms with van der Waals surface area (Å²) in [5.41, 5.74) is 6.67. The summed E-state index contributed by atoms with van der Waals surface area (Å²) in [7, 11) is 1.97. The second kappa shape index (κ2) is 4.42. The van der Waals surface area contributed by atoms with E-state index < -0.39 is 0 Å². The Balaban J connectivity index is 2.45. The van der Waals surface area contributed by atoms with Gasteiger partial charge in [-0.05, 0) is 33.4 Å². The fraction of sp³-hybridized carbons (Fsp3) is 0.625. The molecule has 0 saturated heterocycles. The van der Waals surface area contributed by atoms with Gasteiger partial charge in [-0.1, -0.05) is 0 Å². The molecule has 0 aliphatic carbocycles. The van der Waals surface area contributed by atoms with Crippen LogP contribution in [0.5, 0.6) is 0 Å². The molecule has 0 bridgehead atoms. The summed E-state index contributed by atoms with van der Waals surface area (Å²) in [5, 5.41) is 3.80. The summed E-state index contributed by atoms with van der Waals surface area (Å²) >= 11 is 1.60. The maximum atomic E-state index is 5.58. The minimum atomic E-state index is 0.687. The molecule has 1 rings (SSSR count). The van der Waals surface area contributed by atoms with Crippen LogP contribution < -0.4 is 11.1 Å². The van der Waals surface area contributed by atoms with Crippen molar-refractivity contribution in [3.8, 4) is 0 Å². The molecule has 0 fully saturated rings. The van der Waals surface area contributed by atoms with Gasteiger partial charge in [0.15, 0.2) is 5.13 Å². The molecule has 0 atom stereocenters. The Hall–Kier alpha value is -0.610. The van der Waals surface area contributed by atoms with Gasteiger partial charge in [-0.3, -0.25) is 0 Å². The SMILES string of the molecule is CNCCCc1sc(N)nc1C. The van der Waals surface area contributed by atoms with E-state index in [9.17, 15) is 0 Å². The van der Waals surface area contributed by atoms with Crippen molar-refractivity contribution < 1.29 is 0 Å². The molecule has 0 amide bonds. The van der Waals surface area contributed by atoms with Crippen LogP contribution in [0.2, 0.25) is 0 Å². The van der Waals surface area contributed by atoms with E-state index in [0.29, 0.717) is 5.13 Å². The van der Waals surface area contributed by atoms with E-state index in [4.69, 9.17) is 5.73 Å². The average Bonchev–Trinajstić information content (AvgIpc) is 2.31. The third-order valence-electron chi connectivity index (χ3n) is 1.74. The van der Waals surface area contributed by atoms with Crippen LogP contribution >= 0.6 is 11.3 Å². The Bertz CT molecular complexity index is 244. The van der Waals surface area contributed by atoms with E-state index >= 15 is 0 Å². The minimum absolute atomic E-state index is 0.687. The predicted octanol–water partition coefficient (Wildman–Crippen LogP) is 1.19. The highest BCUT2D eigenvalue weighted by Gasteiger charge is 2.03. The van der Waals surface area contributed by atoms with Gasteiger partial charge in [-0.15, -0.1) is 11.3 Å². The number of nitrogens with two attached hydrogens (primary N) is 1. The smallest absolute Gasteiger partial charge is 0.180 e. The van der Waals surface area contributed by atoms with Crippen LogP contribution in [0, 0.1) is 6.92 Å². The number of nitrogens with one attached hydrogen (secondary N) is 1. The van der Waals surface area contributed by atoms with Crippen LogP contribution in [-0.4, -0.2) is 18.6 Å². The molecule has 1 aromatic heterocycles. The molecule has 1 heterocycles. The van der Waals surface area contributed by atoms with Crippen molar-refractivity contribution in [3.05, 3.63) is 10.6 Å². The van der Waals surface area contributed by atoms with Crippen LogP contribution in [0.25, 0.3) is 0 Å². The highest BCUT2D eigenvalue weighted by Crippen LogP contribution is 2.20. The molecule has 0 unspecified atom stereocenters. The Morgan fingerprint density at radius 1 is 1.58 bits per heavy atom. The van der Waals surface area contributed by atoms with Gasteiger partial charge in [0.05, 0.1) is 5.69 Å². The zero-order valence-corrected chi connectivity index (χ0v) is 8.37. The Labute approximate surface area is 77.0 Å². The van der Waals surface area contributed by atoms with Gasteiger partial charge in [-0.25, -0.2) is 4.98 Å². The lowest BCUT2D eigenvalue weighted by Gasteiger charge is -1.97. The first kappa shape index (κ1) is 9.48. The Morgan fingerprint density at radius 3 is 2.83 bits per heavy atom. The van der Waals surface area contributed by atoms with Crippen molar-refractivity contribution in [2.24, 2.45) is 0 Å². The fourth-order valence-corrected chi connectivity index (χ4v) is 1.98. The highest BCUT2D eigenvalue weighted by atomic mass is 32.1. The average molecular weight is 185 g/mol. The van der Waals surface area contributed by atoms with Crippen molar-refractivity contribution in [2.75, 3.05) is 19.3 Å². The van der Waals surface area contributed by atoms with Gasteiger partial charge in [-0.2, -0.15) is 0 Å². The third-order valence-corrected chi connectivity index (χ3v) is 2.79. The number of aromatic nitrogens is 1. The van der Waals surface area contributed by atoms with Gasteiger partial charge in [0, 0.05) is 4.88 Å². The van der Waals surface area contributed by atoms with E-state index in [1.165, 1.54) is 4.88 Å². The number of nitrogens with zero attached hydrogens (tertiary/aromatic N) is 1. The standard InChI is InChI=1S/C8H15N3S/c1-6-7(4-3-5-10-2)12-8(9)11-6/h10H,3-5H2,1-2H3,(H2,9,11). The second-order valence-electron chi connectivity index (χ2n) is 2.77. The van der Waals surface area contributed by atoms with E-state index in [1.807, 2.05) is 14.0 Å². The first-order valence-electron chi connectivity index (χ1n) is 4.10. The molecule has 0 aromatic carbocycles. The first-order chi connectivity index (χ1) is 5.74. The van der Waals surface area contributed by atoms with E-state index in [2.05, 4.69) is 10.3 Å². The molecular formula is C8H15N3S. The topological polar surface area (TPSA) is 50.9 Å². The van der Waals surface area contributed by atoms with Gasteiger partial charge < -0.3 is 11.1 Å². The maximum Gasteiger partial charge on any atom is 0.180 e. The zero-order chi connectivity index (χ0) is 8.97. The van der Waals surface area contributed by atoms with E-state index in [-0.39, 0.29) is 0 Å². The molecule has 1 aromatic rings. The van der Waals surface area contributed by atoms with Gasteiger partial charge >= 0.3 is 0 Å². The molecule has 0 aliphatic rings. The largest absolute Gasteiger partial charge is 0.375 e. The van der Waals surface area contributed by atoms with Crippen molar-refractivity contribution in [1.82, 2.24) is 10.3 Å². The van der Waals surface area contributed by atoms with Gasteiger partial charge in [0.2, 0.25) is 0 Å². The van der Waals surface area contributed by atoms with Crippen molar-refractivity contribution in [2.45, 2.75) is 19.8 Å². The molecule has 68 valence electrons. The van der Waals surface area contributed by atoms with Crippen LogP contribution in [0.1, 0.15) is 17.0 Å². The zero-order valence-electron chi connectivity index (χ0n) is 7.55. The molecular weight excluding hydrogens is 170 g/mol. The van der Waals surface area contributed by atoms with E-state index in [1.54, 1.807) is 11.3 Å². The number of anilines is 1. The van der Waals surface area contributed by atoms with Crippen LogP contribution in [-0.2, 0) is 6.42 Å². The van der Waals surface area contributed by atoms with Crippen LogP contribution in [0.4, 0.5) is 5.13 Å². The first-order valence-corrected chi connectivity index (χ1v) is 4.92. The Kier molecular flexibility index (Phi) is 3.49. The molecule has 4 heteroatoms. The second-order valence-corrected chi connectivity index (χ2v) is 3.88. The molecule has 3 nitrogen and oxygen atoms in total. The predicted molar refractivity (Wildman–Crippen MR) is 53.5 cm³/mol. The quantitative estimate of drug-likeness (QED) is 0.693. The van der Waals surface area contributed by atoms with Crippen LogP contribution in [0.15, 0.2) is 0 Å². The summed E-state index contributed by atoms with van der Waals surface area (Å²) in [6.07, 6.45) is 2.24. The number of hydrogen-bond acceptors (Lipinski definition) is 4. The third kappa shape index (κ3) is 2.46. The minimum Gasteiger partial charge on any atom is -0.375 e. The number of thiazole rings is 1. The molecule has 0 radical (unpaired) electrons. The summed E-state index contributed by atoms with van der Waals surface area (Å²) in [4.78, 5) is 5.49. The van der Waals surface area contributed by atoms with Crippen molar-refractivity contribution in [1.29, 1.82) is 0 Å². The molecule has 0 spiro atoms. The summed E-state index contributed by atoms with van der Waals surface area (Å²) in [6, 6.07) is 0. The number of nitrogen functional groups attached to an aromatic ring is 1. The lowest BCUT2D eigenvalue weighted by atomic mass is 10.2. The monoisotopic (exact) mass is 185 g/mol. The molecule has 3 N–H and O–H groups in total. The maximum absolute atomic E-state index is 5.58. The summed E-state index contributed by atoms with van der Waals surface area (Å²) in [5.74, 6) is 0. The van der Waals surface area contributed by atoms with Gasteiger partial charge in [0.25, 0.3) is 0 Å². The number of rotatable bonds is 4. The lowest BCUT2D eigenvalue weighted by molar-refractivity contribution is 0.727. The Morgan fingerprint density at radius 2 is 2.33 bits per heavy atom. The summed E-state index contributed by atoms with van der Waals surface area (Å²) in [6.45, 7) is 3.07. The number of hydrogen-bond donors (Lipinski definition) is 2. The van der Waals surface area contributed by atoms with Crippen molar-refractivity contribution >= 4 is 16.5 Å². The highest BCUT2D eigenvalue weighted by molar-refractivity contribution is 7.15. The van der Waals surface area contributed by atoms with E-state index in [0.717, 1.165) is 25.1 Å².